The average molecular weight is 243 g/mol. The van der Waals surface area contributed by atoms with Crippen molar-refractivity contribution >= 4 is 5.97 Å². The number of piperidine rings is 1. The van der Waals surface area contributed by atoms with Crippen molar-refractivity contribution in [2.24, 2.45) is 0 Å². The van der Waals surface area contributed by atoms with Crippen LogP contribution in [0.3, 0.4) is 0 Å². The molecule has 0 amide bonds. The molecule has 0 radical (unpaired) electrons. The van der Waals surface area contributed by atoms with Crippen LogP contribution in [-0.4, -0.2) is 50.3 Å². The van der Waals surface area contributed by atoms with Crippen LogP contribution >= 0.6 is 0 Å². The van der Waals surface area contributed by atoms with Crippen LogP contribution in [0.2, 0.25) is 0 Å². The first-order valence-corrected chi connectivity index (χ1v) is 6.67. The minimum atomic E-state index is -0.0643. The molecule has 1 saturated heterocycles. The highest BCUT2D eigenvalue weighted by atomic mass is 16.5. The van der Waals surface area contributed by atoms with Crippen molar-refractivity contribution in [2.75, 3.05) is 33.4 Å². The summed E-state index contributed by atoms with van der Waals surface area (Å²) in [5.41, 5.74) is 0. The number of esters is 1. The third-order valence-electron chi connectivity index (χ3n) is 3.28. The van der Waals surface area contributed by atoms with Crippen molar-refractivity contribution in [3.63, 3.8) is 0 Å². The minimum absolute atomic E-state index is 0.0643. The summed E-state index contributed by atoms with van der Waals surface area (Å²) < 4.78 is 10.2. The Morgan fingerprint density at radius 3 is 2.59 bits per heavy atom. The first-order valence-electron chi connectivity index (χ1n) is 6.67. The molecule has 4 heteroatoms. The third-order valence-corrected chi connectivity index (χ3v) is 3.28. The largest absolute Gasteiger partial charge is 0.466 e. The Hall–Kier alpha value is -0.610. The summed E-state index contributed by atoms with van der Waals surface area (Å²) in [7, 11) is 1.79. The Balaban J connectivity index is 1.98. The lowest BCUT2D eigenvalue weighted by atomic mass is 10.1. The standard InChI is InChI=1S/C13H25NO3/c1-3-17-13(15)6-4-5-9-14-10-7-12(16-2)8-11-14/h12H,3-11H2,1-2H3. The van der Waals surface area contributed by atoms with Gasteiger partial charge in [-0.05, 0) is 39.2 Å². The second-order valence-electron chi connectivity index (χ2n) is 4.54. The van der Waals surface area contributed by atoms with Gasteiger partial charge in [0.05, 0.1) is 12.7 Å². The Kier molecular flexibility index (Phi) is 7.21. The summed E-state index contributed by atoms with van der Waals surface area (Å²) in [6.45, 7) is 5.67. The second kappa shape index (κ2) is 8.48. The van der Waals surface area contributed by atoms with Crippen molar-refractivity contribution in [1.82, 2.24) is 4.90 Å². The van der Waals surface area contributed by atoms with E-state index in [0.717, 1.165) is 45.3 Å². The fourth-order valence-corrected chi connectivity index (χ4v) is 2.21. The number of hydrogen-bond acceptors (Lipinski definition) is 4. The normalized spacial score (nSPS) is 18.2. The lowest BCUT2D eigenvalue weighted by molar-refractivity contribution is -0.143. The molecule has 0 unspecified atom stereocenters. The van der Waals surface area contributed by atoms with Crippen LogP contribution in [0.25, 0.3) is 0 Å². The highest BCUT2D eigenvalue weighted by Crippen LogP contribution is 2.13. The summed E-state index contributed by atoms with van der Waals surface area (Å²) in [6.07, 6.45) is 5.29. The average Bonchev–Trinajstić information content (AvgIpc) is 2.36. The van der Waals surface area contributed by atoms with Gasteiger partial charge in [0.15, 0.2) is 0 Å². The SMILES string of the molecule is CCOC(=O)CCCCN1CCC(OC)CC1. The molecular formula is C13H25NO3. The number of nitrogens with zero attached hydrogens (tertiary/aromatic N) is 1. The van der Waals surface area contributed by atoms with E-state index in [9.17, 15) is 4.79 Å². The van der Waals surface area contributed by atoms with Crippen molar-refractivity contribution in [3.8, 4) is 0 Å². The molecule has 4 nitrogen and oxygen atoms in total. The number of carbonyl (C=O) groups excluding carboxylic acids is 1. The van der Waals surface area contributed by atoms with Gasteiger partial charge in [-0.1, -0.05) is 0 Å². The van der Waals surface area contributed by atoms with Gasteiger partial charge in [0, 0.05) is 26.6 Å². The van der Waals surface area contributed by atoms with E-state index in [0.29, 0.717) is 19.1 Å². The summed E-state index contributed by atoms with van der Waals surface area (Å²) in [5, 5.41) is 0. The molecule has 1 rings (SSSR count). The van der Waals surface area contributed by atoms with E-state index in [1.54, 1.807) is 7.11 Å². The number of methoxy groups -OCH3 is 1. The molecule has 0 atom stereocenters. The monoisotopic (exact) mass is 243 g/mol. The fraction of sp³-hybridized carbons (Fsp3) is 0.923. The zero-order chi connectivity index (χ0) is 12.5. The van der Waals surface area contributed by atoms with Crippen LogP contribution in [-0.2, 0) is 14.3 Å². The molecular weight excluding hydrogens is 218 g/mol. The van der Waals surface area contributed by atoms with E-state index in [1.165, 1.54) is 0 Å². The van der Waals surface area contributed by atoms with Gasteiger partial charge in [-0.15, -0.1) is 0 Å². The van der Waals surface area contributed by atoms with Crippen molar-refractivity contribution < 1.29 is 14.3 Å². The molecule has 100 valence electrons. The summed E-state index contributed by atoms with van der Waals surface area (Å²) >= 11 is 0. The molecule has 0 aromatic rings. The predicted molar refractivity (Wildman–Crippen MR) is 67.0 cm³/mol. The summed E-state index contributed by atoms with van der Waals surface area (Å²) in [4.78, 5) is 13.6. The maximum atomic E-state index is 11.1. The smallest absolute Gasteiger partial charge is 0.305 e. The van der Waals surface area contributed by atoms with Gasteiger partial charge in [-0.3, -0.25) is 4.79 Å². The third kappa shape index (κ3) is 6.03. The van der Waals surface area contributed by atoms with E-state index in [-0.39, 0.29) is 5.97 Å². The van der Waals surface area contributed by atoms with Crippen LogP contribution in [0, 0.1) is 0 Å². The van der Waals surface area contributed by atoms with Crippen molar-refractivity contribution in [2.45, 2.75) is 45.1 Å². The van der Waals surface area contributed by atoms with Gasteiger partial charge < -0.3 is 14.4 Å². The number of hydrogen-bond donors (Lipinski definition) is 0. The van der Waals surface area contributed by atoms with Crippen LogP contribution < -0.4 is 0 Å². The molecule has 0 bridgehead atoms. The van der Waals surface area contributed by atoms with Gasteiger partial charge in [-0.2, -0.15) is 0 Å². The van der Waals surface area contributed by atoms with E-state index in [1.807, 2.05) is 6.92 Å². The molecule has 1 heterocycles. The van der Waals surface area contributed by atoms with E-state index < -0.39 is 0 Å². The molecule has 17 heavy (non-hydrogen) atoms. The Morgan fingerprint density at radius 2 is 2.00 bits per heavy atom. The zero-order valence-electron chi connectivity index (χ0n) is 11.1. The number of ether oxygens (including phenoxy) is 2. The van der Waals surface area contributed by atoms with Gasteiger partial charge in [0.2, 0.25) is 0 Å². The minimum Gasteiger partial charge on any atom is -0.466 e. The predicted octanol–water partition coefficient (Wildman–Crippen LogP) is 1.83. The zero-order valence-corrected chi connectivity index (χ0v) is 11.1. The number of likely N-dealkylation sites (tertiary alicyclic amines) is 1. The van der Waals surface area contributed by atoms with Crippen molar-refractivity contribution in [1.29, 1.82) is 0 Å². The quantitative estimate of drug-likeness (QED) is 0.505. The highest BCUT2D eigenvalue weighted by Gasteiger charge is 2.17. The fourth-order valence-electron chi connectivity index (χ4n) is 2.21. The number of carbonyl (C=O) groups is 1. The Bertz CT molecular complexity index is 213. The van der Waals surface area contributed by atoms with Gasteiger partial charge in [0.1, 0.15) is 0 Å². The maximum Gasteiger partial charge on any atom is 0.305 e. The number of rotatable bonds is 7. The van der Waals surface area contributed by atoms with E-state index in [2.05, 4.69) is 4.90 Å². The summed E-state index contributed by atoms with van der Waals surface area (Å²) in [6, 6.07) is 0. The van der Waals surface area contributed by atoms with Crippen LogP contribution in [0.1, 0.15) is 39.0 Å². The molecule has 0 spiro atoms. The molecule has 1 aliphatic rings. The molecule has 0 aliphatic carbocycles. The number of unbranched alkanes of at least 4 members (excludes halogenated alkanes) is 1. The van der Waals surface area contributed by atoms with E-state index >= 15 is 0 Å². The molecule has 0 aromatic carbocycles. The van der Waals surface area contributed by atoms with Crippen molar-refractivity contribution in [3.05, 3.63) is 0 Å². The highest BCUT2D eigenvalue weighted by molar-refractivity contribution is 5.69. The first-order chi connectivity index (χ1) is 8.26. The first kappa shape index (κ1) is 14.5. The Labute approximate surface area is 104 Å². The summed E-state index contributed by atoms with van der Waals surface area (Å²) in [5.74, 6) is -0.0643. The lowest BCUT2D eigenvalue weighted by Crippen LogP contribution is -2.37. The van der Waals surface area contributed by atoms with Gasteiger partial charge in [-0.25, -0.2) is 0 Å². The van der Waals surface area contributed by atoms with E-state index in [4.69, 9.17) is 9.47 Å². The van der Waals surface area contributed by atoms with Crippen LogP contribution in [0.15, 0.2) is 0 Å². The second-order valence-corrected chi connectivity index (χ2v) is 4.54. The molecule has 0 saturated carbocycles. The Morgan fingerprint density at radius 1 is 1.29 bits per heavy atom. The van der Waals surface area contributed by atoms with Gasteiger partial charge >= 0.3 is 5.97 Å². The van der Waals surface area contributed by atoms with Crippen LogP contribution in [0.4, 0.5) is 0 Å². The topological polar surface area (TPSA) is 38.8 Å². The maximum absolute atomic E-state index is 11.1. The molecule has 0 aromatic heterocycles. The van der Waals surface area contributed by atoms with Gasteiger partial charge in [0.25, 0.3) is 0 Å². The van der Waals surface area contributed by atoms with Crippen LogP contribution in [0.5, 0.6) is 0 Å². The molecule has 1 fully saturated rings. The molecule has 0 N–H and O–H groups in total. The molecule has 1 aliphatic heterocycles. The lowest BCUT2D eigenvalue weighted by Gasteiger charge is -2.31.